The van der Waals surface area contributed by atoms with Crippen LogP contribution in [0.2, 0.25) is 0 Å². The number of anilines is 2. The van der Waals surface area contributed by atoms with Gasteiger partial charge in [-0.25, -0.2) is 0 Å². The third-order valence-corrected chi connectivity index (χ3v) is 7.05. The lowest BCUT2D eigenvalue weighted by molar-refractivity contribution is 0.660. The minimum Gasteiger partial charge on any atom is -0.282 e. The van der Waals surface area contributed by atoms with Crippen LogP contribution in [0.3, 0.4) is 0 Å². The first-order chi connectivity index (χ1) is 14.1. The highest BCUT2D eigenvalue weighted by Crippen LogP contribution is 2.53. The van der Waals surface area contributed by atoms with Gasteiger partial charge in [-0.2, -0.15) is 0 Å². The molecule has 0 fully saturated rings. The number of benzene rings is 4. The van der Waals surface area contributed by atoms with E-state index < -0.39 is 0 Å². The summed E-state index contributed by atoms with van der Waals surface area (Å²) in [6.07, 6.45) is 0. The molecule has 0 bridgehead atoms. The van der Waals surface area contributed by atoms with Crippen molar-refractivity contribution in [3.63, 3.8) is 0 Å². The summed E-state index contributed by atoms with van der Waals surface area (Å²) < 4.78 is 2.29. The second-order valence-electron chi connectivity index (χ2n) is 8.07. The van der Waals surface area contributed by atoms with E-state index in [-0.39, 0.29) is 5.41 Å². The molecule has 4 aromatic rings. The lowest BCUT2D eigenvalue weighted by atomic mass is 9.82. The molecule has 1 nitrogen and oxygen atoms in total. The molecule has 0 atom stereocenters. The van der Waals surface area contributed by atoms with Gasteiger partial charge in [0.25, 0.3) is 0 Å². The average molecular weight is 487 g/mol. The first-order valence-electron chi connectivity index (χ1n) is 9.92. The zero-order valence-electron chi connectivity index (χ0n) is 16.6. The van der Waals surface area contributed by atoms with Gasteiger partial charge in [0.2, 0.25) is 0 Å². The van der Waals surface area contributed by atoms with E-state index in [0.717, 1.165) is 0 Å². The topological polar surface area (TPSA) is 3.24 Å². The number of hydrogen-bond acceptors (Lipinski definition) is 1. The van der Waals surface area contributed by atoms with Crippen molar-refractivity contribution < 1.29 is 0 Å². The molecule has 0 aliphatic heterocycles. The highest BCUT2D eigenvalue weighted by Gasteiger charge is 2.37. The molecule has 29 heavy (non-hydrogen) atoms. The maximum Gasteiger partial charge on any atom is 0.0646 e. The predicted octanol–water partition coefficient (Wildman–Crippen LogP) is 8.15. The van der Waals surface area contributed by atoms with Crippen LogP contribution in [0.4, 0.5) is 11.4 Å². The fourth-order valence-electron chi connectivity index (χ4n) is 4.48. The highest BCUT2D eigenvalue weighted by atomic mass is 127. The molecule has 0 amide bonds. The summed E-state index contributed by atoms with van der Waals surface area (Å²) in [6.45, 7) is 4.66. The Bertz CT molecular complexity index is 1190. The van der Waals surface area contributed by atoms with E-state index in [1.165, 1.54) is 44.8 Å². The van der Waals surface area contributed by atoms with Crippen molar-refractivity contribution in [1.82, 2.24) is 0 Å². The normalized spacial score (nSPS) is 13.6. The van der Waals surface area contributed by atoms with E-state index in [9.17, 15) is 0 Å². The molecule has 0 radical (unpaired) electrons. The first kappa shape index (κ1) is 18.4. The zero-order valence-corrected chi connectivity index (χ0v) is 18.7. The van der Waals surface area contributed by atoms with Crippen LogP contribution in [0.15, 0.2) is 97.1 Å². The molecule has 0 saturated heterocycles. The smallest absolute Gasteiger partial charge is 0.0646 e. The zero-order chi connectivity index (χ0) is 20.0. The van der Waals surface area contributed by atoms with Crippen molar-refractivity contribution in [3.8, 4) is 22.3 Å². The van der Waals surface area contributed by atoms with Crippen LogP contribution >= 0.6 is 22.9 Å². The minimum absolute atomic E-state index is 0.0192. The lowest BCUT2D eigenvalue weighted by Crippen LogP contribution is -2.15. The summed E-state index contributed by atoms with van der Waals surface area (Å²) in [6, 6.07) is 34.9. The van der Waals surface area contributed by atoms with Crippen LogP contribution in [0.25, 0.3) is 22.3 Å². The molecule has 0 aromatic heterocycles. The average Bonchev–Trinajstić information content (AvgIpc) is 3.01. The monoisotopic (exact) mass is 487 g/mol. The Hall–Kier alpha value is -2.59. The van der Waals surface area contributed by atoms with Gasteiger partial charge in [-0.3, -0.25) is 3.11 Å². The third-order valence-electron chi connectivity index (χ3n) is 5.98. The number of hydrogen-bond donors (Lipinski definition) is 0. The second-order valence-corrected chi connectivity index (χ2v) is 9.03. The molecule has 0 N–H and O–H groups in total. The van der Waals surface area contributed by atoms with Crippen LogP contribution in [0, 0.1) is 0 Å². The number of rotatable bonds is 3. The van der Waals surface area contributed by atoms with Gasteiger partial charge >= 0.3 is 0 Å². The van der Waals surface area contributed by atoms with E-state index in [1.807, 2.05) is 0 Å². The van der Waals surface area contributed by atoms with E-state index >= 15 is 0 Å². The Morgan fingerprint density at radius 1 is 0.655 bits per heavy atom. The van der Waals surface area contributed by atoms with E-state index in [4.69, 9.17) is 0 Å². The summed E-state index contributed by atoms with van der Waals surface area (Å²) in [5, 5.41) is 0. The summed E-state index contributed by atoms with van der Waals surface area (Å²) in [5.41, 5.74) is 10.4. The molecule has 1 aliphatic carbocycles. The summed E-state index contributed by atoms with van der Waals surface area (Å²) in [4.78, 5) is 0. The molecule has 0 unspecified atom stereocenters. The minimum atomic E-state index is 0.0192. The first-order valence-corrected chi connectivity index (χ1v) is 10.9. The third kappa shape index (κ3) is 2.98. The fourth-order valence-corrected chi connectivity index (χ4v) is 5.18. The molecular weight excluding hydrogens is 465 g/mol. The van der Waals surface area contributed by atoms with E-state index in [1.54, 1.807) is 0 Å². The van der Waals surface area contributed by atoms with Crippen LogP contribution in [-0.4, -0.2) is 0 Å². The molecule has 4 aromatic carbocycles. The molecule has 0 saturated carbocycles. The van der Waals surface area contributed by atoms with E-state index in [0.29, 0.717) is 0 Å². The van der Waals surface area contributed by atoms with Crippen molar-refractivity contribution in [2.75, 3.05) is 3.11 Å². The SMILES string of the molecule is CC1(C)c2ccccc2-c2c(N(I)c3cccc(-c4ccccc4)c3)cccc21. The van der Waals surface area contributed by atoms with Gasteiger partial charge in [0.05, 0.1) is 34.2 Å². The summed E-state index contributed by atoms with van der Waals surface area (Å²) >= 11 is 2.45. The van der Waals surface area contributed by atoms with Crippen LogP contribution in [0.5, 0.6) is 0 Å². The Morgan fingerprint density at radius 2 is 1.31 bits per heavy atom. The Labute approximate surface area is 186 Å². The maximum absolute atomic E-state index is 2.45. The van der Waals surface area contributed by atoms with Crippen LogP contribution in [-0.2, 0) is 5.41 Å². The highest BCUT2D eigenvalue weighted by molar-refractivity contribution is 14.1. The summed E-state index contributed by atoms with van der Waals surface area (Å²) in [5.74, 6) is 0. The quantitative estimate of drug-likeness (QED) is 0.208. The Morgan fingerprint density at radius 3 is 2.14 bits per heavy atom. The van der Waals surface area contributed by atoms with E-state index in [2.05, 4.69) is 137 Å². The molecule has 0 heterocycles. The number of halogens is 1. The molecule has 142 valence electrons. The molecular formula is C27H22IN. The Balaban J connectivity index is 1.64. The van der Waals surface area contributed by atoms with Crippen LogP contribution in [0.1, 0.15) is 25.0 Å². The second kappa shape index (κ2) is 7.03. The molecule has 1 aliphatic rings. The van der Waals surface area contributed by atoms with Crippen molar-refractivity contribution in [2.24, 2.45) is 0 Å². The van der Waals surface area contributed by atoms with Crippen molar-refractivity contribution in [2.45, 2.75) is 19.3 Å². The van der Waals surface area contributed by atoms with Gasteiger partial charge in [-0.15, -0.1) is 0 Å². The van der Waals surface area contributed by atoms with Gasteiger partial charge in [0.15, 0.2) is 0 Å². The largest absolute Gasteiger partial charge is 0.282 e. The van der Waals surface area contributed by atoms with Gasteiger partial charge < -0.3 is 0 Å². The van der Waals surface area contributed by atoms with Gasteiger partial charge in [-0.05, 0) is 46.0 Å². The molecule has 5 rings (SSSR count). The van der Waals surface area contributed by atoms with Gasteiger partial charge in [0, 0.05) is 11.0 Å². The lowest BCUT2D eigenvalue weighted by Gasteiger charge is -2.24. The van der Waals surface area contributed by atoms with Crippen molar-refractivity contribution >= 4 is 34.2 Å². The van der Waals surface area contributed by atoms with Gasteiger partial charge in [0.1, 0.15) is 0 Å². The molecule has 2 heteroatoms. The number of fused-ring (bicyclic) bond motifs is 3. The summed E-state index contributed by atoms with van der Waals surface area (Å²) in [7, 11) is 0. The van der Waals surface area contributed by atoms with Crippen molar-refractivity contribution in [3.05, 3.63) is 108 Å². The van der Waals surface area contributed by atoms with Gasteiger partial charge in [-0.1, -0.05) is 92.7 Å². The fraction of sp³-hybridized carbons (Fsp3) is 0.111. The van der Waals surface area contributed by atoms with Crippen LogP contribution < -0.4 is 3.11 Å². The molecule has 0 spiro atoms. The predicted molar refractivity (Wildman–Crippen MR) is 132 cm³/mol. The van der Waals surface area contributed by atoms with Crippen molar-refractivity contribution in [1.29, 1.82) is 0 Å². The Kier molecular flexibility index (Phi) is 4.47. The standard InChI is InChI=1S/C27H22IN/c1-27(2)23-15-7-6-14-22(23)26-24(27)16-9-17-25(26)29(28)21-13-8-12-20(18-21)19-10-4-3-5-11-19/h3-18H,1-2H3. The number of nitrogens with zero attached hydrogens (tertiary/aromatic N) is 1. The maximum atomic E-state index is 2.45.